The third-order valence-electron chi connectivity index (χ3n) is 3.59. The molecule has 0 aliphatic heterocycles. The molecule has 1 unspecified atom stereocenters. The van der Waals surface area contributed by atoms with Gasteiger partial charge in [-0.2, -0.15) is 0 Å². The molecule has 0 fully saturated rings. The molecule has 0 radical (unpaired) electrons. The highest BCUT2D eigenvalue weighted by molar-refractivity contribution is 7.17. The van der Waals surface area contributed by atoms with E-state index in [0.29, 0.717) is 0 Å². The molecule has 3 aromatic rings. The maximum absolute atomic E-state index is 9.72. The minimum atomic E-state index is 0.0432. The number of aliphatic hydroxyl groups excluding tert-OH is 1. The van der Waals surface area contributed by atoms with Crippen LogP contribution >= 0.6 is 22.9 Å². The molecule has 1 atom stereocenters. The second kappa shape index (κ2) is 5.96. The van der Waals surface area contributed by atoms with Gasteiger partial charge in [0.1, 0.15) is 0 Å². The molecule has 0 aliphatic rings. The first-order valence-corrected chi connectivity index (χ1v) is 7.85. The van der Waals surface area contributed by atoms with Gasteiger partial charge in [-0.25, -0.2) is 0 Å². The lowest BCUT2D eigenvalue weighted by Gasteiger charge is -2.15. The first kappa shape index (κ1) is 13.6. The molecule has 2 aromatic carbocycles. The first-order valence-electron chi connectivity index (χ1n) is 6.60. The minimum absolute atomic E-state index is 0.0432. The van der Waals surface area contributed by atoms with Crippen LogP contribution in [0.4, 0.5) is 0 Å². The highest BCUT2D eigenvalue weighted by Crippen LogP contribution is 2.32. The summed E-state index contributed by atoms with van der Waals surface area (Å²) in [5.74, 6) is 0.0432. The number of halogens is 1. The van der Waals surface area contributed by atoms with Crippen LogP contribution in [-0.4, -0.2) is 11.7 Å². The second-order valence-corrected chi connectivity index (χ2v) is 6.18. The van der Waals surface area contributed by atoms with E-state index >= 15 is 0 Å². The number of hydrogen-bond acceptors (Lipinski definition) is 2. The van der Waals surface area contributed by atoms with E-state index in [1.165, 1.54) is 15.6 Å². The van der Waals surface area contributed by atoms with Crippen molar-refractivity contribution in [3.63, 3.8) is 0 Å². The van der Waals surface area contributed by atoms with E-state index in [1.54, 1.807) is 11.3 Å². The van der Waals surface area contributed by atoms with Crippen molar-refractivity contribution in [1.82, 2.24) is 0 Å². The smallest absolute Gasteiger partial charge is 0.0503 e. The Balaban J connectivity index is 1.94. The number of fused-ring (bicyclic) bond motifs is 1. The zero-order chi connectivity index (χ0) is 13.9. The monoisotopic (exact) mass is 302 g/mol. The fourth-order valence-corrected chi connectivity index (χ4v) is 3.80. The molecule has 3 rings (SSSR count). The third-order valence-corrected chi connectivity index (χ3v) is 4.95. The van der Waals surface area contributed by atoms with E-state index < -0.39 is 0 Å². The second-order valence-electron chi connectivity index (χ2n) is 4.86. The van der Waals surface area contributed by atoms with Gasteiger partial charge in [-0.1, -0.05) is 48.0 Å². The van der Waals surface area contributed by atoms with Gasteiger partial charge in [-0.3, -0.25) is 0 Å². The van der Waals surface area contributed by atoms with Gasteiger partial charge in [0.25, 0.3) is 0 Å². The van der Waals surface area contributed by atoms with Crippen molar-refractivity contribution < 1.29 is 5.11 Å². The van der Waals surface area contributed by atoms with E-state index in [4.69, 9.17) is 11.6 Å². The topological polar surface area (TPSA) is 20.2 Å². The summed E-state index contributed by atoms with van der Waals surface area (Å²) in [6.07, 6.45) is 0.810. The molecule has 0 bridgehead atoms. The highest BCUT2D eigenvalue weighted by Gasteiger charge is 2.16. The van der Waals surface area contributed by atoms with Crippen molar-refractivity contribution in [3.8, 4) is 0 Å². The summed E-state index contributed by atoms with van der Waals surface area (Å²) in [4.78, 5) is 0. The molecule has 102 valence electrons. The van der Waals surface area contributed by atoms with Gasteiger partial charge >= 0.3 is 0 Å². The molecular weight excluding hydrogens is 288 g/mol. The molecule has 3 heteroatoms. The van der Waals surface area contributed by atoms with Crippen molar-refractivity contribution >= 4 is 33.0 Å². The summed E-state index contributed by atoms with van der Waals surface area (Å²) in [5.41, 5.74) is 2.30. The lowest BCUT2D eigenvalue weighted by molar-refractivity contribution is 0.265. The average molecular weight is 303 g/mol. The Bertz CT molecular complexity index is 720. The fourth-order valence-electron chi connectivity index (χ4n) is 2.54. The van der Waals surface area contributed by atoms with Crippen molar-refractivity contribution in [2.75, 3.05) is 6.61 Å². The lowest BCUT2D eigenvalue weighted by Crippen LogP contribution is -2.08. The number of aliphatic hydroxyl groups is 1. The van der Waals surface area contributed by atoms with Crippen LogP contribution in [0.2, 0.25) is 5.02 Å². The predicted octanol–water partition coefficient (Wildman–Crippen LogP) is 4.87. The lowest BCUT2D eigenvalue weighted by atomic mass is 9.92. The van der Waals surface area contributed by atoms with E-state index in [0.717, 1.165) is 17.0 Å². The maximum Gasteiger partial charge on any atom is 0.0503 e. The summed E-state index contributed by atoms with van der Waals surface area (Å²) in [6.45, 7) is 0.105. The van der Waals surface area contributed by atoms with Gasteiger partial charge in [-0.15, -0.1) is 11.3 Å². The molecule has 1 heterocycles. The minimum Gasteiger partial charge on any atom is -0.396 e. The van der Waals surface area contributed by atoms with Crippen LogP contribution in [0.5, 0.6) is 0 Å². The summed E-state index contributed by atoms with van der Waals surface area (Å²) in [6, 6.07) is 16.1. The quantitative estimate of drug-likeness (QED) is 0.728. The average Bonchev–Trinajstić information content (AvgIpc) is 2.89. The Morgan fingerprint density at radius 2 is 1.80 bits per heavy atom. The molecular formula is C17H15ClOS. The Labute approximate surface area is 127 Å². The van der Waals surface area contributed by atoms with E-state index in [2.05, 4.69) is 29.6 Å². The van der Waals surface area contributed by atoms with E-state index in [1.807, 2.05) is 24.3 Å². The zero-order valence-corrected chi connectivity index (χ0v) is 12.5. The standard InChI is InChI=1S/C17H15ClOS/c18-16-7-3-1-5-14(16)12(10-19)9-13-11-20-17-8-4-2-6-15(13)17/h1-8,11-12,19H,9-10H2. The fraction of sp³-hybridized carbons (Fsp3) is 0.176. The zero-order valence-electron chi connectivity index (χ0n) is 10.9. The van der Waals surface area contributed by atoms with Gasteiger partial charge in [-0.05, 0) is 40.4 Å². The highest BCUT2D eigenvalue weighted by atomic mass is 35.5. The molecule has 0 spiro atoms. The van der Waals surface area contributed by atoms with Gasteiger partial charge in [0.15, 0.2) is 0 Å². The van der Waals surface area contributed by atoms with Crippen LogP contribution in [0.15, 0.2) is 53.9 Å². The summed E-state index contributed by atoms with van der Waals surface area (Å²) in [7, 11) is 0. The normalized spacial score (nSPS) is 12.7. The van der Waals surface area contributed by atoms with E-state index in [-0.39, 0.29) is 12.5 Å². The number of thiophene rings is 1. The van der Waals surface area contributed by atoms with Gasteiger partial charge in [0, 0.05) is 15.6 Å². The molecule has 1 nitrogen and oxygen atoms in total. The number of hydrogen-bond donors (Lipinski definition) is 1. The van der Waals surface area contributed by atoms with Gasteiger partial charge in [0.05, 0.1) is 6.61 Å². The molecule has 0 saturated heterocycles. The molecule has 0 saturated carbocycles. The van der Waals surface area contributed by atoms with Crippen LogP contribution in [-0.2, 0) is 6.42 Å². The predicted molar refractivity (Wildman–Crippen MR) is 86.8 cm³/mol. The van der Waals surface area contributed by atoms with Crippen LogP contribution < -0.4 is 0 Å². The number of benzene rings is 2. The Morgan fingerprint density at radius 3 is 2.60 bits per heavy atom. The SMILES string of the molecule is OCC(Cc1csc2ccccc12)c1ccccc1Cl. The molecule has 0 aliphatic carbocycles. The van der Waals surface area contributed by atoms with Crippen molar-refractivity contribution in [2.24, 2.45) is 0 Å². The molecule has 1 N–H and O–H groups in total. The van der Waals surface area contributed by atoms with Crippen LogP contribution in [0.1, 0.15) is 17.0 Å². The van der Waals surface area contributed by atoms with E-state index in [9.17, 15) is 5.11 Å². The van der Waals surface area contributed by atoms with Crippen LogP contribution in [0, 0.1) is 0 Å². The summed E-state index contributed by atoms with van der Waals surface area (Å²) in [5, 5.41) is 13.9. The summed E-state index contributed by atoms with van der Waals surface area (Å²) < 4.78 is 1.29. The Hall–Kier alpha value is -1.35. The molecule has 0 amide bonds. The van der Waals surface area contributed by atoms with Crippen LogP contribution in [0.3, 0.4) is 0 Å². The largest absolute Gasteiger partial charge is 0.396 e. The number of rotatable bonds is 4. The Morgan fingerprint density at radius 1 is 1.05 bits per heavy atom. The van der Waals surface area contributed by atoms with Gasteiger partial charge < -0.3 is 5.11 Å². The van der Waals surface area contributed by atoms with Crippen LogP contribution in [0.25, 0.3) is 10.1 Å². The van der Waals surface area contributed by atoms with Crippen molar-refractivity contribution in [3.05, 3.63) is 70.1 Å². The molecule has 20 heavy (non-hydrogen) atoms. The maximum atomic E-state index is 9.72. The van der Waals surface area contributed by atoms with Gasteiger partial charge in [0.2, 0.25) is 0 Å². The third kappa shape index (κ3) is 2.59. The van der Waals surface area contributed by atoms with Crippen molar-refractivity contribution in [2.45, 2.75) is 12.3 Å². The van der Waals surface area contributed by atoms with Crippen molar-refractivity contribution in [1.29, 1.82) is 0 Å². The Kier molecular flexibility index (Phi) is 4.06. The first-order chi connectivity index (χ1) is 9.79. The molecule has 1 aromatic heterocycles. The summed E-state index contributed by atoms with van der Waals surface area (Å²) >= 11 is 8.00.